The molecule has 0 aliphatic carbocycles. The zero-order valence-electron chi connectivity index (χ0n) is 12.4. The van der Waals surface area contributed by atoms with Gasteiger partial charge in [-0.3, -0.25) is 0 Å². The number of para-hydroxylation sites is 2. The normalized spacial score (nSPS) is 11.1. The summed E-state index contributed by atoms with van der Waals surface area (Å²) in [5, 5.41) is 0. The van der Waals surface area contributed by atoms with Crippen molar-refractivity contribution in [1.82, 2.24) is 4.57 Å². The highest BCUT2D eigenvalue weighted by Gasteiger charge is 2.15. The van der Waals surface area contributed by atoms with Crippen molar-refractivity contribution in [2.24, 2.45) is 0 Å². The Kier molecular flexibility index (Phi) is 4.31. The summed E-state index contributed by atoms with van der Waals surface area (Å²) in [5.41, 5.74) is 3.76. The molecule has 3 nitrogen and oxygen atoms in total. The lowest BCUT2D eigenvalue weighted by Gasteiger charge is -1.99. The maximum atomic E-state index is 5.69. The summed E-state index contributed by atoms with van der Waals surface area (Å²) in [4.78, 5) is 0. The SMILES string of the molecule is CCCOCn1c[n+](Cc2ccccc2)c2ccccc21. The predicted molar refractivity (Wildman–Crippen MR) is 83.9 cm³/mol. The number of aromatic nitrogens is 2. The Bertz CT molecular complexity index is 704. The first-order valence-corrected chi connectivity index (χ1v) is 7.47. The number of hydrogen-bond donors (Lipinski definition) is 0. The van der Waals surface area contributed by atoms with Gasteiger partial charge in [-0.05, 0) is 24.1 Å². The average molecular weight is 281 g/mol. The summed E-state index contributed by atoms with van der Waals surface area (Å²) in [5.74, 6) is 0. The van der Waals surface area contributed by atoms with Crippen molar-refractivity contribution >= 4 is 11.0 Å². The molecule has 0 N–H and O–H groups in total. The van der Waals surface area contributed by atoms with Crippen molar-refractivity contribution in [1.29, 1.82) is 0 Å². The third-order valence-corrected chi connectivity index (χ3v) is 3.55. The second kappa shape index (κ2) is 6.55. The lowest BCUT2D eigenvalue weighted by Crippen LogP contribution is -2.32. The monoisotopic (exact) mass is 281 g/mol. The van der Waals surface area contributed by atoms with Crippen LogP contribution in [0.15, 0.2) is 60.9 Å². The number of nitrogens with zero attached hydrogens (tertiary/aromatic N) is 2. The summed E-state index contributed by atoms with van der Waals surface area (Å²) in [7, 11) is 0. The minimum absolute atomic E-state index is 0.607. The van der Waals surface area contributed by atoms with Crippen LogP contribution in [0, 0.1) is 0 Å². The molecule has 1 heterocycles. The van der Waals surface area contributed by atoms with E-state index in [0.717, 1.165) is 19.6 Å². The second-order valence-electron chi connectivity index (χ2n) is 5.22. The average Bonchev–Trinajstić information content (AvgIpc) is 2.87. The number of benzene rings is 2. The van der Waals surface area contributed by atoms with Crippen LogP contribution in [0.3, 0.4) is 0 Å². The van der Waals surface area contributed by atoms with E-state index < -0.39 is 0 Å². The Morgan fingerprint density at radius 1 is 1.00 bits per heavy atom. The molecule has 0 saturated carbocycles. The molecule has 0 atom stereocenters. The highest BCUT2D eigenvalue weighted by atomic mass is 16.5. The van der Waals surface area contributed by atoms with Crippen LogP contribution in [-0.4, -0.2) is 11.2 Å². The van der Waals surface area contributed by atoms with Gasteiger partial charge in [0, 0.05) is 0 Å². The van der Waals surface area contributed by atoms with Crippen molar-refractivity contribution < 1.29 is 9.30 Å². The van der Waals surface area contributed by atoms with E-state index in [-0.39, 0.29) is 0 Å². The van der Waals surface area contributed by atoms with E-state index >= 15 is 0 Å². The molecule has 0 unspecified atom stereocenters. The van der Waals surface area contributed by atoms with Gasteiger partial charge >= 0.3 is 0 Å². The van der Waals surface area contributed by atoms with E-state index in [1.165, 1.54) is 16.6 Å². The Hall–Kier alpha value is -2.13. The molecule has 3 heteroatoms. The minimum Gasteiger partial charge on any atom is -0.342 e. The molecule has 21 heavy (non-hydrogen) atoms. The van der Waals surface area contributed by atoms with Crippen molar-refractivity contribution in [3.8, 4) is 0 Å². The summed E-state index contributed by atoms with van der Waals surface area (Å²) in [6.07, 6.45) is 3.19. The molecule has 0 saturated heterocycles. The van der Waals surface area contributed by atoms with Crippen molar-refractivity contribution in [2.75, 3.05) is 6.61 Å². The van der Waals surface area contributed by atoms with Crippen molar-refractivity contribution in [2.45, 2.75) is 26.6 Å². The van der Waals surface area contributed by atoms with Crippen LogP contribution >= 0.6 is 0 Å². The number of fused-ring (bicyclic) bond motifs is 1. The third kappa shape index (κ3) is 3.14. The maximum Gasteiger partial charge on any atom is 0.246 e. The van der Waals surface area contributed by atoms with Gasteiger partial charge in [-0.1, -0.05) is 49.4 Å². The molecule has 0 fully saturated rings. The van der Waals surface area contributed by atoms with Gasteiger partial charge in [0.1, 0.15) is 6.54 Å². The van der Waals surface area contributed by atoms with Gasteiger partial charge in [0.2, 0.25) is 6.33 Å². The Labute approximate surface area is 125 Å². The molecule has 1 aromatic heterocycles. The summed E-state index contributed by atoms with van der Waals surface area (Å²) in [6.45, 7) is 4.41. The fourth-order valence-corrected chi connectivity index (χ4v) is 2.56. The van der Waals surface area contributed by atoms with Crippen LogP contribution in [0.1, 0.15) is 18.9 Å². The lowest BCUT2D eigenvalue weighted by molar-refractivity contribution is -0.663. The van der Waals surface area contributed by atoms with Gasteiger partial charge in [0.15, 0.2) is 17.8 Å². The lowest BCUT2D eigenvalue weighted by atomic mass is 10.2. The molecule has 0 aliphatic rings. The fourth-order valence-electron chi connectivity index (χ4n) is 2.56. The molecule has 2 aromatic carbocycles. The van der Waals surface area contributed by atoms with Crippen LogP contribution in [0.2, 0.25) is 0 Å². The smallest absolute Gasteiger partial charge is 0.246 e. The van der Waals surface area contributed by atoms with Crippen LogP contribution in [0.4, 0.5) is 0 Å². The predicted octanol–water partition coefficient (Wildman–Crippen LogP) is 3.36. The highest BCUT2D eigenvalue weighted by molar-refractivity contribution is 5.71. The Morgan fingerprint density at radius 3 is 2.57 bits per heavy atom. The quantitative estimate of drug-likeness (QED) is 0.500. The van der Waals surface area contributed by atoms with E-state index in [1.54, 1.807) is 0 Å². The summed E-state index contributed by atoms with van der Waals surface area (Å²) >= 11 is 0. The first kappa shape index (κ1) is 13.8. The van der Waals surface area contributed by atoms with Gasteiger partial charge in [-0.15, -0.1) is 0 Å². The molecule has 3 rings (SSSR count). The van der Waals surface area contributed by atoms with Gasteiger partial charge in [-0.2, -0.15) is 0 Å². The molecule has 0 amide bonds. The first-order chi connectivity index (χ1) is 10.4. The first-order valence-electron chi connectivity index (χ1n) is 7.47. The summed E-state index contributed by atoms with van der Waals surface area (Å²) in [6, 6.07) is 19.0. The number of ether oxygens (including phenoxy) is 1. The molecule has 3 aromatic rings. The Balaban J connectivity index is 1.91. The van der Waals surface area contributed by atoms with E-state index in [1.807, 2.05) is 0 Å². The second-order valence-corrected chi connectivity index (χ2v) is 5.22. The van der Waals surface area contributed by atoms with E-state index in [0.29, 0.717) is 6.73 Å². The highest BCUT2D eigenvalue weighted by Crippen LogP contribution is 2.12. The molecule has 0 bridgehead atoms. The van der Waals surface area contributed by atoms with Crippen molar-refractivity contribution in [3.05, 3.63) is 66.5 Å². The van der Waals surface area contributed by atoms with Crippen LogP contribution in [0.5, 0.6) is 0 Å². The number of rotatable bonds is 6. The van der Waals surface area contributed by atoms with E-state index in [9.17, 15) is 0 Å². The van der Waals surface area contributed by atoms with Crippen LogP contribution < -0.4 is 4.57 Å². The maximum absolute atomic E-state index is 5.69. The van der Waals surface area contributed by atoms with Gasteiger partial charge in [0.05, 0.1) is 6.61 Å². The standard InChI is InChI=1S/C18H21N2O/c1-2-12-21-15-20-14-19(13-16-8-4-3-5-9-16)17-10-6-7-11-18(17)20/h3-11,14H,2,12-13,15H2,1H3/q+1. The summed E-state index contributed by atoms with van der Waals surface area (Å²) < 4.78 is 10.1. The molecule has 108 valence electrons. The van der Waals surface area contributed by atoms with Gasteiger partial charge in [0.25, 0.3) is 0 Å². The molecular weight excluding hydrogens is 260 g/mol. The fraction of sp³-hybridized carbons (Fsp3) is 0.278. The number of hydrogen-bond acceptors (Lipinski definition) is 1. The van der Waals surface area contributed by atoms with Crippen LogP contribution in [0.25, 0.3) is 11.0 Å². The van der Waals surface area contributed by atoms with Crippen LogP contribution in [-0.2, 0) is 18.0 Å². The Morgan fingerprint density at radius 2 is 1.76 bits per heavy atom. The van der Waals surface area contributed by atoms with Gasteiger partial charge in [-0.25, -0.2) is 9.13 Å². The topological polar surface area (TPSA) is 18.0 Å². The largest absolute Gasteiger partial charge is 0.342 e. The third-order valence-electron chi connectivity index (χ3n) is 3.55. The number of imidazole rings is 1. The zero-order valence-corrected chi connectivity index (χ0v) is 12.4. The van der Waals surface area contributed by atoms with E-state index in [4.69, 9.17) is 4.74 Å². The minimum atomic E-state index is 0.607. The van der Waals surface area contributed by atoms with Gasteiger partial charge < -0.3 is 4.74 Å². The molecule has 0 radical (unpaired) electrons. The zero-order chi connectivity index (χ0) is 14.5. The molecule has 0 spiro atoms. The molecular formula is C18H21N2O+. The molecule has 0 aliphatic heterocycles. The van der Waals surface area contributed by atoms with Crippen molar-refractivity contribution in [3.63, 3.8) is 0 Å². The van der Waals surface area contributed by atoms with E-state index in [2.05, 4.69) is 77.0 Å².